The first-order chi connectivity index (χ1) is 12.7. The molecule has 0 radical (unpaired) electrons. The summed E-state index contributed by atoms with van der Waals surface area (Å²) in [4.78, 5) is 19.4. The zero-order chi connectivity index (χ0) is 21.4. The Hall–Kier alpha value is -2.90. The number of nitrogens with one attached hydrogen (secondary N) is 1. The van der Waals surface area contributed by atoms with Crippen LogP contribution in [0.1, 0.15) is 11.1 Å². The van der Waals surface area contributed by atoms with Crippen LogP contribution in [-0.4, -0.2) is 9.85 Å². The van der Waals surface area contributed by atoms with Crippen LogP contribution < -0.4 is 5.32 Å². The molecule has 0 spiro atoms. The molecule has 28 heavy (non-hydrogen) atoms. The number of nitro benzene ring substituents is 2. The van der Waals surface area contributed by atoms with Crippen molar-refractivity contribution >= 4 is 38.7 Å². The number of halogens is 7. The first-order valence-corrected chi connectivity index (χ1v) is 7.69. The first kappa shape index (κ1) is 21.4. The highest BCUT2D eigenvalue weighted by Crippen LogP contribution is 2.45. The predicted octanol–water partition coefficient (Wildman–Crippen LogP) is 6.05. The molecule has 0 amide bonds. The van der Waals surface area contributed by atoms with Gasteiger partial charge >= 0.3 is 12.4 Å². The molecule has 0 heterocycles. The van der Waals surface area contributed by atoms with E-state index in [4.69, 9.17) is 0 Å². The van der Waals surface area contributed by atoms with Crippen LogP contribution >= 0.6 is 15.9 Å². The van der Waals surface area contributed by atoms with Gasteiger partial charge in [-0.3, -0.25) is 20.2 Å². The van der Waals surface area contributed by atoms with Crippen LogP contribution in [-0.2, 0) is 12.4 Å². The number of hydrogen-bond acceptors (Lipinski definition) is 5. The van der Waals surface area contributed by atoms with Crippen molar-refractivity contribution in [1.82, 2.24) is 0 Å². The molecule has 1 N–H and O–H groups in total. The van der Waals surface area contributed by atoms with E-state index in [9.17, 15) is 46.6 Å². The Balaban J connectivity index is 2.68. The molecule has 2 rings (SSSR count). The van der Waals surface area contributed by atoms with E-state index in [1.165, 1.54) is 0 Å². The van der Waals surface area contributed by atoms with Gasteiger partial charge in [-0.1, -0.05) is 0 Å². The third-order valence-electron chi connectivity index (χ3n) is 3.37. The van der Waals surface area contributed by atoms with E-state index in [1.807, 2.05) is 5.32 Å². The first-order valence-electron chi connectivity index (χ1n) is 6.89. The summed E-state index contributed by atoms with van der Waals surface area (Å²) in [7, 11) is 0. The summed E-state index contributed by atoms with van der Waals surface area (Å²) < 4.78 is 77.7. The summed E-state index contributed by atoms with van der Waals surface area (Å²) in [5.41, 5.74) is -6.78. The lowest BCUT2D eigenvalue weighted by molar-refractivity contribution is -0.394. The Kier molecular flexibility index (Phi) is 5.55. The Bertz CT molecular complexity index is 961. The second kappa shape index (κ2) is 7.26. The molecule has 2 aromatic carbocycles. The summed E-state index contributed by atoms with van der Waals surface area (Å²) in [6, 6.07) is 2.28. The molecule has 0 aromatic heterocycles. The van der Waals surface area contributed by atoms with Gasteiger partial charge in [0.1, 0.15) is 5.69 Å². The van der Waals surface area contributed by atoms with Crippen LogP contribution in [0.15, 0.2) is 34.8 Å². The smallest absolute Gasteiger partial charge is 0.348 e. The molecule has 0 fully saturated rings. The number of nitrogens with zero attached hydrogens (tertiary/aromatic N) is 2. The summed E-state index contributed by atoms with van der Waals surface area (Å²) in [5.74, 6) is 0. The normalized spacial score (nSPS) is 12.0. The molecule has 7 nitrogen and oxygen atoms in total. The Morgan fingerprint density at radius 3 is 1.93 bits per heavy atom. The van der Waals surface area contributed by atoms with Gasteiger partial charge in [-0.2, -0.15) is 26.3 Å². The number of alkyl halides is 6. The molecular formula is C14H6BrF6N3O4. The second-order valence-electron chi connectivity index (χ2n) is 5.22. The van der Waals surface area contributed by atoms with Crippen LogP contribution in [0.4, 0.5) is 49.1 Å². The third-order valence-corrected chi connectivity index (χ3v) is 4.03. The summed E-state index contributed by atoms with van der Waals surface area (Å²) in [5, 5.41) is 24.0. The lowest BCUT2D eigenvalue weighted by atomic mass is 10.1. The van der Waals surface area contributed by atoms with Crippen molar-refractivity contribution in [3.8, 4) is 0 Å². The Labute approximate surface area is 159 Å². The topological polar surface area (TPSA) is 98.3 Å². The van der Waals surface area contributed by atoms with Gasteiger partial charge in [-0.15, -0.1) is 0 Å². The number of benzene rings is 2. The van der Waals surface area contributed by atoms with Crippen molar-refractivity contribution in [3.63, 3.8) is 0 Å². The molecular weight excluding hydrogens is 468 g/mol. The molecule has 150 valence electrons. The highest BCUT2D eigenvalue weighted by atomic mass is 79.9. The number of non-ortho nitro benzene ring substituents is 1. The lowest BCUT2D eigenvalue weighted by Gasteiger charge is -2.16. The molecule has 14 heteroatoms. The van der Waals surface area contributed by atoms with E-state index < -0.39 is 50.4 Å². The van der Waals surface area contributed by atoms with E-state index >= 15 is 0 Å². The fraction of sp³-hybridized carbons (Fsp3) is 0.143. The Morgan fingerprint density at radius 1 is 0.893 bits per heavy atom. The second-order valence-corrected chi connectivity index (χ2v) is 6.07. The van der Waals surface area contributed by atoms with Gasteiger partial charge in [0, 0.05) is 10.5 Å². The molecule has 0 aliphatic heterocycles. The fourth-order valence-electron chi connectivity index (χ4n) is 2.14. The van der Waals surface area contributed by atoms with Crippen LogP contribution in [0.3, 0.4) is 0 Å². The average molecular weight is 474 g/mol. The zero-order valence-electron chi connectivity index (χ0n) is 13.1. The average Bonchev–Trinajstić information content (AvgIpc) is 2.54. The van der Waals surface area contributed by atoms with Gasteiger partial charge in [-0.25, -0.2) is 0 Å². The predicted molar refractivity (Wildman–Crippen MR) is 87.2 cm³/mol. The largest absolute Gasteiger partial charge is 0.418 e. The van der Waals surface area contributed by atoms with Gasteiger partial charge < -0.3 is 5.32 Å². The van der Waals surface area contributed by atoms with Crippen LogP contribution in [0, 0.1) is 20.2 Å². The van der Waals surface area contributed by atoms with E-state index in [0.717, 1.165) is 6.07 Å². The maximum Gasteiger partial charge on any atom is 0.418 e. The van der Waals surface area contributed by atoms with Crippen molar-refractivity contribution in [2.75, 3.05) is 5.32 Å². The van der Waals surface area contributed by atoms with Crippen molar-refractivity contribution in [2.24, 2.45) is 0 Å². The number of nitro groups is 2. The minimum Gasteiger partial charge on any atom is -0.348 e. The highest BCUT2D eigenvalue weighted by Gasteiger charge is 2.40. The fourth-order valence-corrected chi connectivity index (χ4v) is 2.62. The maximum atomic E-state index is 13.3. The molecule has 0 bridgehead atoms. The van der Waals surface area contributed by atoms with Crippen LogP contribution in [0.2, 0.25) is 0 Å². The number of hydrogen-bond donors (Lipinski definition) is 1. The maximum absolute atomic E-state index is 13.3. The minimum atomic E-state index is -5.22. The standard InChI is InChI=1S/C14H6BrF6N3O4/c15-9-3-6(13(16,17)18)1-2-10(9)22-12-8(14(19,20)21)4-7(23(25)26)5-11(12)24(27)28/h1-5,22H. The Morgan fingerprint density at radius 2 is 1.50 bits per heavy atom. The van der Waals surface area contributed by atoms with Gasteiger partial charge in [0.15, 0.2) is 0 Å². The molecule has 0 saturated carbocycles. The summed E-state index contributed by atoms with van der Waals surface area (Å²) >= 11 is 2.75. The molecule has 0 saturated heterocycles. The molecule has 2 aromatic rings. The third kappa shape index (κ3) is 4.49. The van der Waals surface area contributed by atoms with Crippen LogP contribution in [0.5, 0.6) is 0 Å². The summed E-state index contributed by atoms with van der Waals surface area (Å²) in [6.07, 6.45) is -9.95. The molecule has 0 atom stereocenters. The van der Waals surface area contributed by atoms with Crippen molar-refractivity contribution in [1.29, 1.82) is 0 Å². The number of rotatable bonds is 4. The molecule has 0 aliphatic carbocycles. The van der Waals surface area contributed by atoms with Gasteiger partial charge in [0.2, 0.25) is 0 Å². The minimum absolute atomic E-state index is 0.0906. The van der Waals surface area contributed by atoms with E-state index in [-0.39, 0.29) is 16.2 Å². The molecule has 0 aliphatic rings. The zero-order valence-corrected chi connectivity index (χ0v) is 14.6. The number of anilines is 2. The van der Waals surface area contributed by atoms with Gasteiger partial charge in [-0.05, 0) is 34.1 Å². The lowest BCUT2D eigenvalue weighted by Crippen LogP contribution is -2.12. The van der Waals surface area contributed by atoms with Crippen molar-refractivity contribution in [3.05, 3.63) is 66.2 Å². The van der Waals surface area contributed by atoms with E-state index in [1.54, 1.807) is 0 Å². The quantitative estimate of drug-likeness (QED) is 0.331. The monoisotopic (exact) mass is 473 g/mol. The van der Waals surface area contributed by atoms with E-state index in [2.05, 4.69) is 15.9 Å². The van der Waals surface area contributed by atoms with Crippen LogP contribution in [0.25, 0.3) is 0 Å². The highest BCUT2D eigenvalue weighted by molar-refractivity contribution is 9.10. The van der Waals surface area contributed by atoms with E-state index in [0.29, 0.717) is 18.2 Å². The van der Waals surface area contributed by atoms with Gasteiger partial charge in [0.05, 0.1) is 32.7 Å². The molecule has 0 unspecified atom stereocenters. The van der Waals surface area contributed by atoms with Crippen molar-refractivity contribution in [2.45, 2.75) is 12.4 Å². The summed E-state index contributed by atoms with van der Waals surface area (Å²) in [6.45, 7) is 0. The van der Waals surface area contributed by atoms with Crippen molar-refractivity contribution < 1.29 is 36.2 Å². The van der Waals surface area contributed by atoms with Gasteiger partial charge in [0.25, 0.3) is 11.4 Å². The SMILES string of the molecule is O=[N+]([O-])c1cc([N+](=O)[O-])c(Nc2ccc(C(F)(F)F)cc2Br)c(C(F)(F)F)c1.